The minimum absolute atomic E-state index is 0.423. The Morgan fingerprint density at radius 3 is 2.38 bits per heavy atom. The number of hydrogen-bond donors (Lipinski definition) is 0. The molecule has 0 radical (unpaired) electrons. The zero-order chi connectivity index (χ0) is 17.3. The summed E-state index contributed by atoms with van der Waals surface area (Å²) >= 11 is 7.55. The molecule has 1 aromatic heterocycles. The molecule has 1 aliphatic rings. The van der Waals surface area contributed by atoms with E-state index >= 15 is 0 Å². The van der Waals surface area contributed by atoms with Gasteiger partial charge in [0.1, 0.15) is 0 Å². The van der Waals surface area contributed by atoms with Gasteiger partial charge >= 0.3 is 0 Å². The van der Waals surface area contributed by atoms with E-state index in [9.17, 15) is 8.42 Å². The van der Waals surface area contributed by atoms with Crippen LogP contribution in [-0.4, -0.2) is 43.8 Å². The van der Waals surface area contributed by atoms with Crippen molar-refractivity contribution in [3.63, 3.8) is 0 Å². The first-order valence-corrected chi connectivity index (χ1v) is 10.5. The lowest BCUT2D eigenvalue weighted by Crippen LogP contribution is -2.48. The van der Waals surface area contributed by atoms with Crippen molar-refractivity contribution < 1.29 is 8.42 Å². The van der Waals surface area contributed by atoms with Crippen LogP contribution < -0.4 is 0 Å². The van der Waals surface area contributed by atoms with Crippen LogP contribution in [0.2, 0.25) is 4.34 Å². The summed E-state index contributed by atoms with van der Waals surface area (Å²) in [5, 5.41) is 0. The molecule has 3 rings (SSSR count). The van der Waals surface area contributed by atoms with Gasteiger partial charge in [-0.25, -0.2) is 8.42 Å². The van der Waals surface area contributed by atoms with Crippen molar-refractivity contribution in [3.8, 4) is 0 Å². The molecule has 0 atom stereocenters. The molecule has 7 heteroatoms. The fraction of sp³-hybridized carbons (Fsp3) is 0.412. The highest BCUT2D eigenvalue weighted by Crippen LogP contribution is 2.25. The van der Waals surface area contributed by atoms with E-state index < -0.39 is 10.0 Å². The number of benzene rings is 1. The highest BCUT2D eigenvalue weighted by atomic mass is 35.5. The molecule has 2 heterocycles. The van der Waals surface area contributed by atoms with Crippen molar-refractivity contribution in [1.29, 1.82) is 0 Å². The summed E-state index contributed by atoms with van der Waals surface area (Å²) in [6, 6.07) is 9.44. The average molecular weight is 385 g/mol. The Bertz CT molecular complexity index is 825. The second-order valence-electron chi connectivity index (χ2n) is 6.16. The molecule has 1 saturated heterocycles. The Kier molecular flexibility index (Phi) is 5.32. The van der Waals surface area contributed by atoms with Crippen LogP contribution in [-0.2, 0) is 16.6 Å². The van der Waals surface area contributed by atoms with Crippen LogP contribution in [0.15, 0.2) is 35.2 Å². The Morgan fingerprint density at radius 2 is 1.79 bits per heavy atom. The second-order valence-corrected chi connectivity index (χ2v) is 9.86. The van der Waals surface area contributed by atoms with Gasteiger partial charge in [0.25, 0.3) is 0 Å². The fourth-order valence-electron chi connectivity index (χ4n) is 3.01. The zero-order valence-corrected chi connectivity index (χ0v) is 16.2. The Hall–Kier alpha value is -0.920. The predicted octanol–water partition coefficient (Wildman–Crippen LogP) is 3.52. The van der Waals surface area contributed by atoms with Gasteiger partial charge in [0.2, 0.25) is 10.0 Å². The number of rotatable bonds is 4. The van der Waals surface area contributed by atoms with Gasteiger partial charge in [0.05, 0.1) is 9.23 Å². The molecule has 0 bridgehead atoms. The maximum absolute atomic E-state index is 12.9. The number of nitrogens with zero attached hydrogens (tertiary/aromatic N) is 2. The number of piperazine rings is 1. The maximum atomic E-state index is 12.9. The first-order valence-electron chi connectivity index (χ1n) is 7.90. The molecule has 2 aromatic rings. The van der Waals surface area contributed by atoms with Crippen molar-refractivity contribution in [2.75, 3.05) is 26.2 Å². The van der Waals surface area contributed by atoms with E-state index in [2.05, 4.69) is 4.90 Å². The smallest absolute Gasteiger partial charge is 0.243 e. The molecule has 4 nitrogen and oxygen atoms in total. The van der Waals surface area contributed by atoms with E-state index in [-0.39, 0.29) is 0 Å². The molecule has 1 fully saturated rings. The van der Waals surface area contributed by atoms with Crippen LogP contribution in [0.25, 0.3) is 0 Å². The van der Waals surface area contributed by atoms with Gasteiger partial charge < -0.3 is 0 Å². The molecule has 0 aliphatic carbocycles. The fourth-order valence-corrected chi connectivity index (χ4v) is 5.77. The van der Waals surface area contributed by atoms with Gasteiger partial charge in [-0.1, -0.05) is 29.3 Å². The van der Waals surface area contributed by atoms with Crippen LogP contribution in [0.4, 0.5) is 0 Å². The molecule has 0 amide bonds. The van der Waals surface area contributed by atoms with Crippen molar-refractivity contribution >= 4 is 33.0 Å². The summed E-state index contributed by atoms with van der Waals surface area (Å²) in [6.45, 7) is 7.17. The monoisotopic (exact) mass is 384 g/mol. The van der Waals surface area contributed by atoms with Crippen LogP contribution >= 0.6 is 22.9 Å². The summed E-state index contributed by atoms with van der Waals surface area (Å²) in [7, 11) is -3.41. The number of halogens is 1. The SMILES string of the molecule is Cc1ccc(S(=O)(=O)N2CCN(Cc3ccc(Cl)s3)CC2)c(C)c1. The van der Waals surface area contributed by atoms with E-state index in [1.165, 1.54) is 4.88 Å². The lowest BCUT2D eigenvalue weighted by Gasteiger charge is -2.34. The van der Waals surface area contributed by atoms with E-state index in [0.29, 0.717) is 18.0 Å². The molecule has 0 saturated carbocycles. The highest BCUT2D eigenvalue weighted by Gasteiger charge is 2.29. The Labute approximate surface area is 152 Å². The number of thiophene rings is 1. The maximum Gasteiger partial charge on any atom is 0.243 e. The number of aryl methyl sites for hydroxylation is 2. The topological polar surface area (TPSA) is 40.6 Å². The third kappa shape index (κ3) is 3.83. The number of sulfonamides is 1. The summed E-state index contributed by atoms with van der Waals surface area (Å²) in [5.41, 5.74) is 1.89. The summed E-state index contributed by atoms with van der Waals surface area (Å²) in [4.78, 5) is 3.91. The molecule has 24 heavy (non-hydrogen) atoms. The molecular formula is C17H21ClN2O2S2. The zero-order valence-electron chi connectivity index (χ0n) is 13.8. The van der Waals surface area contributed by atoms with Gasteiger partial charge in [0.15, 0.2) is 0 Å². The predicted molar refractivity (Wildman–Crippen MR) is 99.3 cm³/mol. The molecule has 0 unspecified atom stereocenters. The minimum atomic E-state index is -3.41. The lowest BCUT2D eigenvalue weighted by molar-refractivity contribution is 0.183. The van der Waals surface area contributed by atoms with Crippen molar-refractivity contribution in [2.45, 2.75) is 25.3 Å². The van der Waals surface area contributed by atoms with Crippen LogP contribution in [0, 0.1) is 13.8 Å². The largest absolute Gasteiger partial charge is 0.296 e. The van der Waals surface area contributed by atoms with Crippen molar-refractivity contribution in [2.24, 2.45) is 0 Å². The summed E-state index contributed by atoms with van der Waals surface area (Å²) in [5.74, 6) is 0. The van der Waals surface area contributed by atoms with Gasteiger partial charge in [0, 0.05) is 37.6 Å². The van der Waals surface area contributed by atoms with Crippen LogP contribution in [0.3, 0.4) is 0 Å². The molecule has 130 valence electrons. The van der Waals surface area contributed by atoms with Gasteiger partial charge in [-0.15, -0.1) is 11.3 Å². The first kappa shape index (κ1) is 17.9. The summed E-state index contributed by atoms with van der Waals surface area (Å²) in [6.07, 6.45) is 0. The van der Waals surface area contributed by atoms with Crippen molar-refractivity contribution in [3.05, 3.63) is 50.7 Å². The lowest BCUT2D eigenvalue weighted by atomic mass is 10.2. The molecule has 1 aliphatic heterocycles. The van der Waals surface area contributed by atoms with Crippen LogP contribution in [0.1, 0.15) is 16.0 Å². The van der Waals surface area contributed by atoms with E-state index in [1.54, 1.807) is 21.7 Å². The molecule has 1 aromatic carbocycles. The van der Waals surface area contributed by atoms with Gasteiger partial charge in [-0.2, -0.15) is 4.31 Å². The van der Waals surface area contributed by atoms with E-state index in [0.717, 1.165) is 35.1 Å². The van der Waals surface area contributed by atoms with Crippen molar-refractivity contribution in [1.82, 2.24) is 9.21 Å². The van der Waals surface area contributed by atoms with Gasteiger partial charge in [-0.3, -0.25) is 4.90 Å². The minimum Gasteiger partial charge on any atom is -0.296 e. The third-order valence-electron chi connectivity index (χ3n) is 4.29. The normalized spacial score (nSPS) is 17.3. The summed E-state index contributed by atoms with van der Waals surface area (Å²) < 4.78 is 28.2. The Morgan fingerprint density at radius 1 is 1.08 bits per heavy atom. The molecule has 0 spiro atoms. The third-order valence-corrected chi connectivity index (χ3v) is 7.56. The average Bonchev–Trinajstić information content (AvgIpc) is 2.92. The van der Waals surface area contributed by atoms with E-state index in [1.807, 2.05) is 38.1 Å². The van der Waals surface area contributed by atoms with E-state index in [4.69, 9.17) is 11.6 Å². The quantitative estimate of drug-likeness (QED) is 0.809. The van der Waals surface area contributed by atoms with Gasteiger partial charge in [-0.05, 0) is 37.6 Å². The first-order chi connectivity index (χ1) is 11.4. The Balaban J connectivity index is 1.67. The standard InChI is InChI=1S/C17H21ClN2O2S2/c1-13-3-5-16(14(2)11-13)24(21,22)20-9-7-19(8-10-20)12-15-4-6-17(18)23-15/h3-6,11H,7-10,12H2,1-2H3. The molecule has 0 N–H and O–H groups in total. The van der Waals surface area contributed by atoms with Crippen LogP contribution in [0.5, 0.6) is 0 Å². The highest BCUT2D eigenvalue weighted by molar-refractivity contribution is 7.89. The molecular weight excluding hydrogens is 364 g/mol. The second kappa shape index (κ2) is 7.14. The number of hydrogen-bond acceptors (Lipinski definition) is 4.